The monoisotopic (exact) mass is 426 g/mol. The SMILES string of the molecule is COc1cc(C(=O)N2C[C@H]3CCC[C@H]3C2)cc(NC(=O)CCn2ccnc2C)c1OC. The van der Waals surface area contributed by atoms with Crippen LogP contribution in [0.3, 0.4) is 0 Å². The molecule has 1 saturated carbocycles. The number of benzene rings is 1. The van der Waals surface area contributed by atoms with Crippen LogP contribution in [0.2, 0.25) is 0 Å². The standard InChI is InChI=1S/C23H30N4O4/c1-15-24-8-10-26(15)9-7-21(28)25-19-11-18(12-20(30-2)22(19)31-3)23(29)27-13-16-5-4-6-17(16)14-27/h8,10-12,16-17H,4-7,9,13-14H2,1-3H3,(H,25,28)/t16-,17+. The van der Waals surface area contributed by atoms with E-state index >= 15 is 0 Å². The molecule has 1 saturated heterocycles. The average molecular weight is 427 g/mol. The zero-order valence-electron chi connectivity index (χ0n) is 18.4. The van der Waals surface area contributed by atoms with E-state index in [0.717, 1.165) is 18.9 Å². The minimum Gasteiger partial charge on any atom is -0.493 e. The second-order valence-corrected chi connectivity index (χ2v) is 8.39. The van der Waals surface area contributed by atoms with Crippen molar-refractivity contribution in [3.63, 3.8) is 0 Å². The molecule has 0 bridgehead atoms. The van der Waals surface area contributed by atoms with Gasteiger partial charge < -0.3 is 24.3 Å². The van der Waals surface area contributed by atoms with Gasteiger partial charge in [-0.2, -0.15) is 0 Å². The number of carbonyl (C=O) groups excluding carboxylic acids is 2. The maximum absolute atomic E-state index is 13.2. The normalized spacial score (nSPS) is 19.9. The molecule has 8 nitrogen and oxygen atoms in total. The third kappa shape index (κ3) is 4.38. The minimum atomic E-state index is -0.172. The maximum atomic E-state index is 13.2. The highest BCUT2D eigenvalue weighted by Crippen LogP contribution is 2.40. The molecule has 1 aromatic carbocycles. The smallest absolute Gasteiger partial charge is 0.254 e. The molecule has 0 radical (unpaired) electrons. The second kappa shape index (κ2) is 8.99. The zero-order chi connectivity index (χ0) is 22.0. The molecule has 0 spiro atoms. The van der Waals surface area contributed by atoms with Crippen molar-refractivity contribution in [1.82, 2.24) is 14.5 Å². The molecule has 1 aromatic heterocycles. The number of hydrogen-bond acceptors (Lipinski definition) is 5. The van der Waals surface area contributed by atoms with E-state index in [1.165, 1.54) is 33.5 Å². The molecular formula is C23H30N4O4. The van der Waals surface area contributed by atoms with Crippen molar-refractivity contribution in [2.24, 2.45) is 11.8 Å². The van der Waals surface area contributed by atoms with E-state index in [9.17, 15) is 9.59 Å². The number of anilines is 1. The van der Waals surface area contributed by atoms with Gasteiger partial charge >= 0.3 is 0 Å². The molecule has 2 amide bonds. The van der Waals surface area contributed by atoms with Gasteiger partial charge in [0.05, 0.1) is 19.9 Å². The van der Waals surface area contributed by atoms with Crippen molar-refractivity contribution in [2.75, 3.05) is 32.6 Å². The van der Waals surface area contributed by atoms with E-state index < -0.39 is 0 Å². The van der Waals surface area contributed by atoms with Gasteiger partial charge in [0.2, 0.25) is 5.91 Å². The molecule has 2 aliphatic rings. The van der Waals surface area contributed by atoms with Gasteiger partial charge in [0.15, 0.2) is 11.5 Å². The highest BCUT2D eigenvalue weighted by atomic mass is 16.5. The largest absolute Gasteiger partial charge is 0.493 e. The number of aryl methyl sites for hydroxylation is 2. The first-order chi connectivity index (χ1) is 15.0. The summed E-state index contributed by atoms with van der Waals surface area (Å²) in [6.45, 7) is 4.04. The minimum absolute atomic E-state index is 0.0279. The van der Waals surface area contributed by atoms with Crippen molar-refractivity contribution >= 4 is 17.5 Å². The lowest BCUT2D eigenvalue weighted by Crippen LogP contribution is -2.29. The van der Waals surface area contributed by atoms with Crippen molar-refractivity contribution in [3.8, 4) is 11.5 Å². The lowest BCUT2D eigenvalue weighted by molar-refractivity contribution is -0.116. The number of nitrogens with zero attached hydrogens (tertiary/aromatic N) is 3. The molecule has 166 valence electrons. The zero-order valence-corrected chi connectivity index (χ0v) is 18.4. The van der Waals surface area contributed by atoms with Gasteiger partial charge in [-0.05, 0) is 43.7 Å². The molecule has 1 N–H and O–H groups in total. The Morgan fingerprint density at radius 2 is 1.90 bits per heavy atom. The molecule has 1 aliphatic heterocycles. The van der Waals surface area contributed by atoms with E-state index in [2.05, 4.69) is 10.3 Å². The molecular weight excluding hydrogens is 396 g/mol. The number of aromatic nitrogens is 2. The van der Waals surface area contributed by atoms with Crippen LogP contribution < -0.4 is 14.8 Å². The quantitative estimate of drug-likeness (QED) is 0.735. The van der Waals surface area contributed by atoms with Crippen LogP contribution in [0.15, 0.2) is 24.5 Å². The van der Waals surface area contributed by atoms with Crippen LogP contribution in [0, 0.1) is 18.8 Å². The van der Waals surface area contributed by atoms with E-state index in [1.807, 2.05) is 22.6 Å². The number of nitrogens with one attached hydrogen (secondary N) is 1. The Bertz CT molecular complexity index is 958. The van der Waals surface area contributed by atoms with Gasteiger partial charge in [0.1, 0.15) is 5.82 Å². The lowest BCUT2D eigenvalue weighted by atomic mass is 10.0. The Hall–Kier alpha value is -3.03. The summed E-state index contributed by atoms with van der Waals surface area (Å²) < 4.78 is 12.9. The Kier molecular flexibility index (Phi) is 6.15. The fraction of sp³-hybridized carbons (Fsp3) is 0.522. The van der Waals surface area contributed by atoms with Crippen molar-refractivity contribution in [2.45, 2.75) is 39.2 Å². The Balaban J connectivity index is 1.51. The van der Waals surface area contributed by atoms with Crippen LogP contribution in [-0.2, 0) is 11.3 Å². The number of rotatable bonds is 7. The van der Waals surface area contributed by atoms with Gasteiger partial charge in [-0.1, -0.05) is 6.42 Å². The van der Waals surface area contributed by atoms with Crippen LogP contribution >= 0.6 is 0 Å². The number of likely N-dealkylation sites (tertiary alicyclic amines) is 1. The van der Waals surface area contributed by atoms with Gasteiger partial charge in [-0.3, -0.25) is 9.59 Å². The van der Waals surface area contributed by atoms with Crippen LogP contribution in [0.5, 0.6) is 11.5 Å². The van der Waals surface area contributed by atoms with Crippen molar-refractivity contribution in [3.05, 3.63) is 35.9 Å². The third-order valence-corrected chi connectivity index (χ3v) is 6.52. The van der Waals surface area contributed by atoms with Gasteiger partial charge in [0, 0.05) is 44.0 Å². The predicted octanol–water partition coefficient (Wildman–Crippen LogP) is 3.11. The number of ether oxygens (including phenoxy) is 2. The Morgan fingerprint density at radius 3 is 2.52 bits per heavy atom. The number of imidazole rings is 1. The van der Waals surface area contributed by atoms with Gasteiger partial charge in [-0.15, -0.1) is 0 Å². The molecule has 31 heavy (non-hydrogen) atoms. The number of hydrogen-bond donors (Lipinski definition) is 1. The second-order valence-electron chi connectivity index (χ2n) is 8.39. The van der Waals surface area contributed by atoms with Crippen molar-refractivity contribution in [1.29, 1.82) is 0 Å². The number of fused-ring (bicyclic) bond motifs is 1. The van der Waals surface area contributed by atoms with E-state index in [1.54, 1.807) is 18.3 Å². The summed E-state index contributed by atoms with van der Waals surface area (Å²) in [4.78, 5) is 31.9. The van der Waals surface area contributed by atoms with Gasteiger partial charge in [-0.25, -0.2) is 4.98 Å². The summed E-state index contributed by atoms with van der Waals surface area (Å²) in [6, 6.07) is 3.39. The van der Waals surface area contributed by atoms with E-state index in [-0.39, 0.29) is 18.2 Å². The molecule has 2 fully saturated rings. The number of carbonyl (C=O) groups is 2. The summed E-state index contributed by atoms with van der Waals surface area (Å²) in [5, 5.41) is 2.90. The fourth-order valence-electron chi connectivity index (χ4n) is 4.84. The third-order valence-electron chi connectivity index (χ3n) is 6.52. The Labute approximate surface area is 182 Å². The summed E-state index contributed by atoms with van der Waals surface area (Å²) in [5.41, 5.74) is 0.940. The Morgan fingerprint density at radius 1 is 1.16 bits per heavy atom. The summed E-state index contributed by atoms with van der Waals surface area (Å²) in [6.07, 6.45) is 7.51. The molecule has 4 rings (SSSR count). The highest BCUT2D eigenvalue weighted by Gasteiger charge is 2.38. The molecule has 2 aromatic rings. The number of methoxy groups -OCH3 is 2. The van der Waals surface area contributed by atoms with Crippen LogP contribution in [0.25, 0.3) is 0 Å². The first-order valence-corrected chi connectivity index (χ1v) is 10.8. The van der Waals surface area contributed by atoms with Crippen LogP contribution in [-0.4, -0.2) is 53.6 Å². The number of amides is 2. The predicted molar refractivity (Wildman–Crippen MR) is 116 cm³/mol. The summed E-state index contributed by atoms with van der Waals surface area (Å²) >= 11 is 0. The van der Waals surface area contributed by atoms with E-state index in [4.69, 9.17) is 9.47 Å². The maximum Gasteiger partial charge on any atom is 0.254 e. The van der Waals surface area contributed by atoms with Crippen LogP contribution in [0.1, 0.15) is 41.9 Å². The fourth-order valence-corrected chi connectivity index (χ4v) is 4.84. The highest BCUT2D eigenvalue weighted by molar-refractivity contribution is 5.99. The lowest BCUT2D eigenvalue weighted by Gasteiger charge is -2.20. The summed E-state index contributed by atoms with van der Waals surface area (Å²) in [5.74, 6) is 2.73. The molecule has 8 heteroatoms. The molecule has 1 aliphatic carbocycles. The topological polar surface area (TPSA) is 85.7 Å². The van der Waals surface area contributed by atoms with Gasteiger partial charge in [0.25, 0.3) is 5.91 Å². The molecule has 0 unspecified atom stereocenters. The van der Waals surface area contributed by atoms with Crippen LogP contribution in [0.4, 0.5) is 5.69 Å². The van der Waals surface area contributed by atoms with E-state index in [0.29, 0.717) is 41.1 Å². The van der Waals surface area contributed by atoms with Crippen molar-refractivity contribution < 1.29 is 19.1 Å². The average Bonchev–Trinajstić information content (AvgIpc) is 3.47. The molecule has 2 heterocycles. The first-order valence-electron chi connectivity index (χ1n) is 10.8. The first kappa shape index (κ1) is 21.2. The summed E-state index contributed by atoms with van der Waals surface area (Å²) in [7, 11) is 3.05. The molecule has 2 atom stereocenters.